The molecule has 4 nitrogen and oxygen atoms in total. The molecule has 1 amide bonds. The highest BCUT2D eigenvalue weighted by atomic mass is 16.5. The summed E-state index contributed by atoms with van der Waals surface area (Å²) >= 11 is 0. The van der Waals surface area contributed by atoms with Gasteiger partial charge in [-0.1, -0.05) is 54.6 Å². The van der Waals surface area contributed by atoms with Gasteiger partial charge in [0.1, 0.15) is 5.75 Å². The third kappa shape index (κ3) is 5.20. The Kier molecular flexibility index (Phi) is 6.45. The van der Waals surface area contributed by atoms with Crippen LogP contribution in [0.25, 0.3) is 6.08 Å². The van der Waals surface area contributed by atoms with Gasteiger partial charge in [-0.05, 0) is 23.3 Å². The number of benzene rings is 2. The fraction of sp³-hybridized carbons (Fsp3) is 0.318. The Bertz CT molecular complexity index is 735. The molecule has 1 aliphatic rings. The van der Waals surface area contributed by atoms with E-state index >= 15 is 0 Å². The van der Waals surface area contributed by atoms with Gasteiger partial charge in [0, 0.05) is 32.7 Å². The molecular formula is C22H26N2O2. The second-order valence-corrected chi connectivity index (χ2v) is 6.52. The molecule has 0 spiro atoms. The third-order valence-corrected chi connectivity index (χ3v) is 4.69. The molecule has 26 heavy (non-hydrogen) atoms. The molecule has 1 aliphatic heterocycles. The monoisotopic (exact) mass is 350 g/mol. The SMILES string of the molecule is COc1cccc(CC(=O)N2CCN(CC=Cc3ccccc3)CC2)c1. The first-order valence-corrected chi connectivity index (χ1v) is 9.09. The van der Waals surface area contributed by atoms with E-state index in [-0.39, 0.29) is 5.91 Å². The van der Waals surface area contributed by atoms with Gasteiger partial charge in [0.05, 0.1) is 13.5 Å². The van der Waals surface area contributed by atoms with Crippen LogP contribution in [-0.2, 0) is 11.2 Å². The number of piperazine rings is 1. The number of carbonyl (C=O) groups is 1. The molecule has 2 aromatic rings. The highest BCUT2D eigenvalue weighted by Gasteiger charge is 2.20. The van der Waals surface area contributed by atoms with Crippen molar-refractivity contribution in [1.82, 2.24) is 9.80 Å². The van der Waals surface area contributed by atoms with Crippen LogP contribution in [-0.4, -0.2) is 55.5 Å². The van der Waals surface area contributed by atoms with E-state index in [9.17, 15) is 4.79 Å². The Labute approximate surface area is 155 Å². The van der Waals surface area contributed by atoms with E-state index in [4.69, 9.17) is 4.74 Å². The average molecular weight is 350 g/mol. The van der Waals surface area contributed by atoms with Gasteiger partial charge in [-0.25, -0.2) is 0 Å². The summed E-state index contributed by atoms with van der Waals surface area (Å²) in [5.74, 6) is 0.989. The van der Waals surface area contributed by atoms with Crippen LogP contribution < -0.4 is 4.74 Å². The van der Waals surface area contributed by atoms with Crippen LogP contribution >= 0.6 is 0 Å². The Balaban J connectivity index is 1.44. The van der Waals surface area contributed by atoms with Gasteiger partial charge >= 0.3 is 0 Å². The van der Waals surface area contributed by atoms with Crippen molar-refractivity contribution in [2.24, 2.45) is 0 Å². The summed E-state index contributed by atoms with van der Waals surface area (Å²) in [4.78, 5) is 16.9. The second-order valence-electron chi connectivity index (χ2n) is 6.52. The lowest BCUT2D eigenvalue weighted by atomic mass is 10.1. The highest BCUT2D eigenvalue weighted by molar-refractivity contribution is 5.79. The molecule has 1 fully saturated rings. The average Bonchev–Trinajstić information content (AvgIpc) is 2.69. The number of ether oxygens (including phenoxy) is 1. The number of carbonyl (C=O) groups excluding carboxylic acids is 1. The van der Waals surface area contributed by atoms with Crippen LogP contribution in [0.4, 0.5) is 0 Å². The highest BCUT2D eigenvalue weighted by Crippen LogP contribution is 2.14. The van der Waals surface area contributed by atoms with Gasteiger partial charge in [0.15, 0.2) is 0 Å². The van der Waals surface area contributed by atoms with Crippen molar-refractivity contribution in [1.29, 1.82) is 0 Å². The fourth-order valence-electron chi connectivity index (χ4n) is 3.15. The molecule has 0 atom stereocenters. The van der Waals surface area contributed by atoms with Crippen molar-refractivity contribution in [3.63, 3.8) is 0 Å². The van der Waals surface area contributed by atoms with Crippen molar-refractivity contribution >= 4 is 12.0 Å². The first-order valence-electron chi connectivity index (χ1n) is 9.09. The van der Waals surface area contributed by atoms with Crippen LogP contribution in [0.15, 0.2) is 60.7 Å². The minimum absolute atomic E-state index is 0.192. The number of amides is 1. The summed E-state index contributed by atoms with van der Waals surface area (Å²) in [7, 11) is 1.65. The molecule has 0 N–H and O–H groups in total. The van der Waals surface area contributed by atoms with Crippen molar-refractivity contribution < 1.29 is 9.53 Å². The molecule has 3 rings (SSSR count). The maximum absolute atomic E-state index is 12.5. The zero-order valence-electron chi connectivity index (χ0n) is 15.3. The maximum Gasteiger partial charge on any atom is 0.227 e. The van der Waals surface area contributed by atoms with Crippen molar-refractivity contribution in [3.8, 4) is 5.75 Å². The summed E-state index contributed by atoms with van der Waals surface area (Å²) in [6.45, 7) is 4.35. The molecule has 0 aromatic heterocycles. The fourth-order valence-corrected chi connectivity index (χ4v) is 3.15. The van der Waals surface area contributed by atoms with E-state index < -0.39 is 0 Å². The van der Waals surface area contributed by atoms with Crippen molar-refractivity contribution in [3.05, 3.63) is 71.8 Å². The van der Waals surface area contributed by atoms with E-state index in [0.717, 1.165) is 44.0 Å². The molecule has 1 heterocycles. The molecule has 1 saturated heterocycles. The normalized spacial score (nSPS) is 15.3. The first kappa shape index (κ1) is 18.2. The standard InChI is InChI=1S/C22H26N2O2/c1-26-21-11-5-9-20(17-21)18-22(25)24-15-13-23(14-16-24)12-6-10-19-7-3-2-4-8-19/h2-11,17H,12-16,18H2,1H3. The second kappa shape index (κ2) is 9.20. The minimum Gasteiger partial charge on any atom is -0.497 e. The van der Waals surface area contributed by atoms with E-state index in [1.807, 2.05) is 47.4 Å². The number of methoxy groups -OCH3 is 1. The van der Waals surface area contributed by atoms with E-state index in [2.05, 4.69) is 29.2 Å². The molecule has 0 radical (unpaired) electrons. The molecule has 2 aromatic carbocycles. The lowest BCUT2D eigenvalue weighted by molar-refractivity contribution is -0.132. The Morgan fingerprint density at radius 3 is 2.54 bits per heavy atom. The Morgan fingerprint density at radius 1 is 1.04 bits per heavy atom. The van der Waals surface area contributed by atoms with Crippen molar-refractivity contribution in [2.45, 2.75) is 6.42 Å². The van der Waals surface area contributed by atoms with Gasteiger partial charge in [-0.2, -0.15) is 0 Å². The molecule has 0 aliphatic carbocycles. The van der Waals surface area contributed by atoms with Crippen LogP contribution in [0.3, 0.4) is 0 Å². The lowest BCUT2D eigenvalue weighted by Crippen LogP contribution is -2.49. The largest absolute Gasteiger partial charge is 0.497 e. The zero-order chi connectivity index (χ0) is 18.2. The maximum atomic E-state index is 12.5. The van der Waals surface area contributed by atoms with Gasteiger partial charge in [0.2, 0.25) is 5.91 Å². The third-order valence-electron chi connectivity index (χ3n) is 4.69. The molecule has 136 valence electrons. The molecule has 4 heteroatoms. The van der Waals surface area contributed by atoms with Gasteiger partial charge < -0.3 is 9.64 Å². The van der Waals surface area contributed by atoms with Crippen LogP contribution in [0.5, 0.6) is 5.75 Å². The first-order chi connectivity index (χ1) is 12.7. The summed E-state index contributed by atoms with van der Waals surface area (Å²) in [6.07, 6.45) is 4.79. The molecular weight excluding hydrogens is 324 g/mol. The predicted octanol–water partition coefficient (Wildman–Crippen LogP) is 3.10. The van der Waals surface area contributed by atoms with Gasteiger partial charge in [-0.15, -0.1) is 0 Å². The van der Waals surface area contributed by atoms with Crippen molar-refractivity contribution in [2.75, 3.05) is 39.8 Å². The smallest absolute Gasteiger partial charge is 0.227 e. The number of nitrogens with zero attached hydrogens (tertiary/aromatic N) is 2. The predicted molar refractivity (Wildman–Crippen MR) is 105 cm³/mol. The number of hydrogen-bond acceptors (Lipinski definition) is 3. The summed E-state index contributed by atoms with van der Waals surface area (Å²) in [5.41, 5.74) is 2.22. The summed E-state index contributed by atoms with van der Waals surface area (Å²) in [6, 6.07) is 18.1. The van der Waals surface area contributed by atoms with E-state index in [0.29, 0.717) is 6.42 Å². The minimum atomic E-state index is 0.192. The quantitative estimate of drug-likeness (QED) is 0.803. The van der Waals surface area contributed by atoms with Crippen LogP contribution in [0.1, 0.15) is 11.1 Å². The number of hydrogen-bond donors (Lipinski definition) is 0. The van der Waals surface area contributed by atoms with Gasteiger partial charge in [-0.3, -0.25) is 9.69 Å². The lowest BCUT2D eigenvalue weighted by Gasteiger charge is -2.34. The Hall–Kier alpha value is -2.59. The summed E-state index contributed by atoms with van der Waals surface area (Å²) < 4.78 is 5.23. The van der Waals surface area contributed by atoms with E-state index in [1.54, 1.807) is 7.11 Å². The zero-order valence-corrected chi connectivity index (χ0v) is 15.3. The molecule has 0 unspecified atom stereocenters. The molecule has 0 saturated carbocycles. The van der Waals surface area contributed by atoms with Crippen LogP contribution in [0.2, 0.25) is 0 Å². The topological polar surface area (TPSA) is 32.8 Å². The molecule has 0 bridgehead atoms. The van der Waals surface area contributed by atoms with E-state index in [1.165, 1.54) is 5.56 Å². The Morgan fingerprint density at radius 2 is 1.81 bits per heavy atom. The summed E-state index contributed by atoms with van der Waals surface area (Å²) in [5, 5.41) is 0. The van der Waals surface area contributed by atoms with Crippen LogP contribution in [0, 0.1) is 0 Å². The number of rotatable bonds is 6. The van der Waals surface area contributed by atoms with Gasteiger partial charge in [0.25, 0.3) is 0 Å².